The summed E-state index contributed by atoms with van der Waals surface area (Å²) < 4.78 is 5.75. The second kappa shape index (κ2) is 6.34. The Morgan fingerprint density at radius 2 is 2.07 bits per heavy atom. The molecule has 1 atom stereocenters. The van der Waals surface area contributed by atoms with Crippen LogP contribution in [0.25, 0.3) is 0 Å². The summed E-state index contributed by atoms with van der Waals surface area (Å²) in [5.74, 6) is 0.502. The fourth-order valence-corrected chi connectivity index (χ4v) is 4.83. The summed E-state index contributed by atoms with van der Waals surface area (Å²) in [5, 5.41) is 14.8. The van der Waals surface area contributed by atoms with Gasteiger partial charge in [0.1, 0.15) is 12.1 Å². The molecule has 2 bridgehead atoms. The van der Waals surface area contributed by atoms with Gasteiger partial charge < -0.3 is 4.74 Å². The van der Waals surface area contributed by atoms with Crippen molar-refractivity contribution < 1.29 is 9.53 Å². The first-order valence-electron chi connectivity index (χ1n) is 9.66. The number of carbonyl (C=O) groups excluding carboxylic acids is 1. The molecule has 0 radical (unpaired) electrons. The number of hydrogen-bond donors (Lipinski definition) is 0. The van der Waals surface area contributed by atoms with Crippen LogP contribution in [0.15, 0.2) is 35.8 Å². The standard InChI is InChI=1S/C21H20N6O2/c1-14-2-3-16(24-7-14)17-4-5-26-27(17)19(28)21-10-20(11-21,12-21)13-29-18-9-23-15(6-22)8-25-18/h2-3,5,7-9,17H,4,10-13H2,1H3. The lowest BCUT2D eigenvalue weighted by atomic mass is 9.35. The smallest absolute Gasteiger partial charge is 0.249 e. The van der Waals surface area contributed by atoms with Gasteiger partial charge in [0, 0.05) is 24.2 Å². The highest BCUT2D eigenvalue weighted by Crippen LogP contribution is 2.74. The third kappa shape index (κ3) is 2.85. The molecule has 8 nitrogen and oxygen atoms in total. The zero-order valence-corrected chi connectivity index (χ0v) is 16.1. The first kappa shape index (κ1) is 17.7. The number of aryl methyl sites for hydroxylation is 1. The van der Waals surface area contributed by atoms with E-state index >= 15 is 0 Å². The molecule has 0 saturated heterocycles. The van der Waals surface area contributed by atoms with Crippen molar-refractivity contribution in [2.75, 3.05) is 6.61 Å². The summed E-state index contributed by atoms with van der Waals surface area (Å²) in [6, 6.07) is 5.81. The van der Waals surface area contributed by atoms with Crippen LogP contribution in [0.5, 0.6) is 5.88 Å². The highest BCUT2D eigenvalue weighted by Gasteiger charge is 2.73. The monoisotopic (exact) mass is 388 g/mol. The fourth-order valence-electron chi connectivity index (χ4n) is 4.83. The molecule has 0 spiro atoms. The largest absolute Gasteiger partial charge is 0.476 e. The Morgan fingerprint density at radius 3 is 2.72 bits per heavy atom. The zero-order chi connectivity index (χ0) is 20.1. The molecule has 3 aliphatic carbocycles. The normalized spacial score (nSPS) is 29.0. The third-order valence-electron chi connectivity index (χ3n) is 6.18. The number of nitriles is 1. The number of aromatic nitrogens is 3. The third-order valence-corrected chi connectivity index (χ3v) is 6.18. The van der Waals surface area contributed by atoms with Gasteiger partial charge in [0.2, 0.25) is 11.8 Å². The van der Waals surface area contributed by atoms with Gasteiger partial charge in [0.15, 0.2) is 5.69 Å². The molecule has 1 amide bonds. The maximum Gasteiger partial charge on any atom is 0.249 e. The zero-order valence-electron chi connectivity index (χ0n) is 16.1. The van der Waals surface area contributed by atoms with Crippen molar-refractivity contribution in [2.24, 2.45) is 15.9 Å². The fraction of sp³-hybridized carbons (Fsp3) is 0.429. The quantitative estimate of drug-likeness (QED) is 0.780. The van der Waals surface area contributed by atoms with Crippen LogP contribution in [-0.2, 0) is 4.79 Å². The second-order valence-electron chi connectivity index (χ2n) is 8.41. The second-order valence-corrected chi connectivity index (χ2v) is 8.41. The molecule has 3 saturated carbocycles. The lowest BCUT2D eigenvalue weighted by Crippen LogP contribution is -2.69. The SMILES string of the molecule is Cc1ccc(C2CC=NN2C(=O)C23CC(COc4cnc(C#N)cn4)(C2)C3)nc1. The molecule has 0 N–H and O–H groups in total. The van der Waals surface area contributed by atoms with Crippen LogP contribution in [0.3, 0.4) is 0 Å². The molecular formula is C21H20N6O2. The molecule has 2 aromatic rings. The number of pyridine rings is 1. The van der Waals surface area contributed by atoms with E-state index in [1.54, 1.807) is 11.2 Å². The van der Waals surface area contributed by atoms with Crippen LogP contribution in [-0.4, -0.2) is 38.7 Å². The molecule has 6 rings (SSSR count). The predicted octanol–water partition coefficient (Wildman–Crippen LogP) is 2.56. The van der Waals surface area contributed by atoms with Crippen molar-refractivity contribution in [1.82, 2.24) is 20.0 Å². The van der Waals surface area contributed by atoms with Gasteiger partial charge in [-0.2, -0.15) is 10.4 Å². The Morgan fingerprint density at radius 1 is 1.24 bits per heavy atom. The van der Waals surface area contributed by atoms with Crippen molar-refractivity contribution in [3.8, 4) is 11.9 Å². The van der Waals surface area contributed by atoms with Crippen molar-refractivity contribution in [3.05, 3.63) is 47.7 Å². The Bertz CT molecular complexity index is 1000. The Balaban J connectivity index is 1.20. The summed E-state index contributed by atoms with van der Waals surface area (Å²) in [6.45, 7) is 2.51. The molecule has 146 valence electrons. The highest BCUT2D eigenvalue weighted by molar-refractivity contribution is 5.88. The number of hydrazone groups is 1. The van der Waals surface area contributed by atoms with Gasteiger partial charge in [-0.25, -0.2) is 15.0 Å². The first-order chi connectivity index (χ1) is 14.0. The van der Waals surface area contributed by atoms with E-state index in [2.05, 4.69) is 20.1 Å². The van der Waals surface area contributed by atoms with Crippen LogP contribution in [0, 0.1) is 29.1 Å². The molecule has 1 unspecified atom stereocenters. The van der Waals surface area contributed by atoms with E-state index in [-0.39, 0.29) is 28.5 Å². The van der Waals surface area contributed by atoms with E-state index in [0.29, 0.717) is 18.9 Å². The maximum absolute atomic E-state index is 13.2. The lowest BCUT2D eigenvalue weighted by Gasteiger charge is -2.69. The first-order valence-corrected chi connectivity index (χ1v) is 9.66. The van der Waals surface area contributed by atoms with Crippen LogP contribution >= 0.6 is 0 Å². The molecule has 4 aliphatic rings. The minimum Gasteiger partial charge on any atom is -0.476 e. The van der Waals surface area contributed by atoms with Gasteiger partial charge in [0.25, 0.3) is 0 Å². The molecule has 1 aliphatic heterocycles. The van der Waals surface area contributed by atoms with Gasteiger partial charge in [-0.05, 0) is 37.8 Å². The maximum atomic E-state index is 13.2. The van der Waals surface area contributed by atoms with Gasteiger partial charge in [-0.1, -0.05) is 6.07 Å². The van der Waals surface area contributed by atoms with Crippen LogP contribution in [0.2, 0.25) is 0 Å². The average molecular weight is 388 g/mol. The Labute approximate surface area is 168 Å². The van der Waals surface area contributed by atoms with Gasteiger partial charge in [-0.15, -0.1) is 0 Å². The minimum absolute atomic E-state index is 0.0340. The molecule has 2 aromatic heterocycles. The Hall–Kier alpha value is -3.34. The predicted molar refractivity (Wildman–Crippen MR) is 103 cm³/mol. The number of hydrogen-bond acceptors (Lipinski definition) is 7. The number of rotatable bonds is 5. The highest BCUT2D eigenvalue weighted by atomic mass is 16.5. The average Bonchev–Trinajstić information content (AvgIpc) is 3.16. The van der Waals surface area contributed by atoms with E-state index in [1.807, 2.05) is 31.3 Å². The molecule has 3 heterocycles. The summed E-state index contributed by atoms with van der Waals surface area (Å²) in [6.07, 6.45) is 9.61. The van der Waals surface area contributed by atoms with E-state index in [4.69, 9.17) is 10.00 Å². The molecule has 0 aromatic carbocycles. The van der Waals surface area contributed by atoms with Crippen LogP contribution in [0.1, 0.15) is 48.7 Å². The number of nitrogens with zero attached hydrogens (tertiary/aromatic N) is 6. The number of amides is 1. The summed E-state index contributed by atoms with van der Waals surface area (Å²) >= 11 is 0. The molecular weight excluding hydrogens is 368 g/mol. The summed E-state index contributed by atoms with van der Waals surface area (Å²) in [4.78, 5) is 25.8. The van der Waals surface area contributed by atoms with Crippen molar-refractivity contribution in [3.63, 3.8) is 0 Å². The van der Waals surface area contributed by atoms with Gasteiger partial charge in [-0.3, -0.25) is 9.78 Å². The number of ether oxygens (including phenoxy) is 1. The summed E-state index contributed by atoms with van der Waals surface area (Å²) in [7, 11) is 0. The van der Waals surface area contributed by atoms with E-state index in [9.17, 15) is 4.79 Å². The van der Waals surface area contributed by atoms with Gasteiger partial charge in [0.05, 0.1) is 30.1 Å². The topological polar surface area (TPSA) is 104 Å². The van der Waals surface area contributed by atoms with Crippen molar-refractivity contribution in [1.29, 1.82) is 5.26 Å². The number of carbonyl (C=O) groups is 1. The van der Waals surface area contributed by atoms with E-state index in [1.165, 1.54) is 12.4 Å². The lowest BCUT2D eigenvalue weighted by molar-refractivity contribution is -0.227. The summed E-state index contributed by atoms with van der Waals surface area (Å²) in [5.41, 5.74) is 1.96. The van der Waals surface area contributed by atoms with Crippen molar-refractivity contribution in [2.45, 2.75) is 38.6 Å². The van der Waals surface area contributed by atoms with E-state index < -0.39 is 0 Å². The Kier molecular flexibility index (Phi) is 3.88. The van der Waals surface area contributed by atoms with Gasteiger partial charge >= 0.3 is 0 Å². The van der Waals surface area contributed by atoms with Crippen molar-refractivity contribution >= 4 is 12.1 Å². The van der Waals surface area contributed by atoms with E-state index in [0.717, 1.165) is 30.5 Å². The molecule has 29 heavy (non-hydrogen) atoms. The van der Waals surface area contributed by atoms with Crippen LogP contribution in [0.4, 0.5) is 0 Å². The minimum atomic E-state index is -0.315. The van der Waals surface area contributed by atoms with Crippen LogP contribution < -0.4 is 4.74 Å². The molecule has 8 heteroatoms. The molecule has 3 fully saturated rings.